The Morgan fingerprint density at radius 1 is 1.19 bits per heavy atom. The molecule has 0 atom stereocenters. The minimum Gasteiger partial charge on any atom is -0.385 e. The van der Waals surface area contributed by atoms with E-state index in [-0.39, 0.29) is 0 Å². The Labute approximate surface area is 98.7 Å². The Morgan fingerprint density at radius 2 is 2.00 bits per heavy atom. The van der Waals surface area contributed by atoms with E-state index in [1.807, 2.05) is 0 Å². The molecule has 16 heavy (non-hydrogen) atoms. The summed E-state index contributed by atoms with van der Waals surface area (Å²) in [5.41, 5.74) is 2.63. The van der Waals surface area contributed by atoms with Gasteiger partial charge < -0.3 is 10.2 Å². The first-order valence-electron chi connectivity index (χ1n) is 6.49. The molecular formula is C14H22N2. The van der Waals surface area contributed by atoms with Crippen LogP contribution in [0.5, 0.6) is 0 Å². The van der Waals surface area contributed by atoms with Gasteiger partial charge in [-0.1, -0.05) is 13.0 Å². The van der Waals surface area contributed by atoms with Crippen molar-refractivity contribution in [1.82, 2.24) is 0 Å². The van der Waals surface area contributed by atoms with Crippen molar-refractivity contribution >= 4 is 11.4 Å². The number of benzene rings is 1. The van der Waals surface area contributed by atoms with Crippen molar-refractivity contribution < 1.29 is 0 Å². The monoisotopic (exact) mass is 218 g/mol. The normalized spacial score (nSPS) is 16.2. The van der Waals surface area contributed by atoms with Crippen LogP contribution in [0.4, 0.5) is 11.4 Å². The van der Waals surface area contributed by atoms with E-state index in [1.165, 1.54) is 50.1 Å². The molecule has 1 N–H and O–H groups in total. The summed E-state index contributed by atoms with van der Waals surface area (Å²) < 4.78 is 0. The second-order valence-electron chi connectivity index (χ2n) is 4.52. The Kier molecular flexibility index (Phi) is 4.09. The van der Waals surface area contributed by atoms with Crippen LogP contribution < -0.4 is 10.2 Å². The Bertz CT molecular complexity index is 316. The van der Waals surface area contributed by atoms with E-state index >= 15 is 0 Å². The number of hydrogen-bond acceptors (Lipinski definition) is 2. The van der Waals surface area contributed by atoms with Gasteiger partial charge >= 0.3 is 0 Å². The SMILES string of the molecule is CCCNc1cccc(N2CCCCC2)c1. The lowest BCUT2D eigenvalue weighted by molar-refractivity contribution is 0.578. The summed E-state index contributed by atoms with van der Waals surface area (Å²) in [5, 5.41) is 3.45. The highest BCUT2D eigenvalue weighted by molar-refractivity contribution is 5.58. The van der Waals surface area contributed by atoms with E-state index in [9.17, 15) is 0 Å². The molecule has 1 aromatic carbocycles. The van der Waals surface area contributed by atoms with E-state index in [2.05, 4.69) is 41.4 Å². The van der Waals surface area contributed by atoms with Gasteiger partial charge in [0.15, 0.2) is 0 Å². The quantitative estimate of drug-likeness (QED) is 0.832. The molecule has 0 aromatic heterocycles. The van der Waals surface area contributed by atoms with Gasteiger partial charge in [0, 0.05) is 31.0 Å². The molecule has 2 heteroatoms. The number of rotatable bonds is 4. The van der Waals surface area contributed by atoms with E-state index in [4.69, 9.17) is 0 Å². The lowest BCUT2D eigenvalue weighted by Crippen LogP contribution is -2.29. The van der Waals surface area contributed by atoms with Crippen LogP contribution in [0.2, 0.25) is 0 Å². The molecule has 0 aliphatic carbocycles. The first-order valence-corrected chi connectivity index (χ1v) is 6.49. The van der Waals surface area contributed by atoms with Crippen LogP contribution in [-0.4, -0.2) is 19.6 Å². The molecule has 0 bridgehead atoms. The predicted molar refractivity (Wildman–Crippen MR) is 71.3 cm³/mol. The minimum absolute atomic E-state index is 1.06. The van der Waals surface area contributed by atoms with Crippen molar-refractivity contribution in [2.75, 3.05) is 29.9 Å². The van der Waals surface area contributed by atoms with Crippen molar-refractivity contribution in [3.05, 3.63) is 24.3 Å². The van der Waals surface area contributed by atoms with Crippen LogP contribution in [0.3, 0.4) is 0 Å². The predicted octanol–water partition coefficient (Wildman–Crippen LogP) is 3.50. The van der Waals surface area contributed by atoms with Crippen molar-refractivity contribution in [2.24, 2.45) is 0 Å². The number of anilines is 2. The van der Waals surface area contributed by atoms with Gasteiger partial charge in [0.05, 0.1) is 0 Å². The number of nitrogens with one attached hydrogen (secondary N) is 1. The molecule has 1 fully saturated rings. The molecule has 2 rings (SSSR count). The van der Waals surface area contributed by atoms with Crippen molar-refractivity contribution in [3.8, 4) is 0 Å². The molecule has 1 heterocycles. The van der Waals surface area contributed by atoms with Gasteiger partial charge in [-0.3, -0.25) is 0 Å². The van der Waals surface area contributed by atoms with Gasteiger partial charge in [-0.05, 0) is 43.9 Å². The minimum atomic E-state index is 1.06. The number of hydrogen-bond donors (Lipinski definition) is 1. The largest absolute Gasteiger partial charge is 0.385 e. The lowest BCUT2D eigenvalue weighted by atomic mass is 10.1. The van der Waals surface area contributed by atoms with Crippen LogP contribution >= 0.6 is 0 Å². The maximum atomic E-state index is 3.45. The smallest absolute Gasteiger partial charge is 0.0386 e. The van der Waals surface area contributed by atoms with Crippen LogP contribution in [0.15, 0.2) is 24.3 Å². The van der Waals surface area contributed by atoms with Gasteiger partial charge in [0.25, 0.3) is 0 Å². The van der Waals surface area contributed by atoms with E-state index in [0.717, 1.165) is 6.54 Å². The maximum absolute atomic E-state index is 3.45. The van der Waals surface area contributed by atoms with E-state index in [0.29, 0.717) is 0 Å². The third-order valence-corrected chi connectivity index (χ3v) is 3.15. The molecule has 1 aliphatic heterocycles. The summed E-state index contributed by atoms with van der Waals surface area (Å²) in [4.78, 5) is 2.50. The molecule has 88 valence electrons. The van der Waals surface area contributed by atoms with Crippen molar-refractivity contribution in [1.29, 1.82) is 0 Å². The number of nitrogens with zero attached hydrogens (tertiary/aromatic N) is 1. The second-order valence-corrected chi connectivity index (χ2v) is 4.52. The highest BCUT2D eigenvalue weighted by atomic mass is 15.1. The molecule has 0 unspecified atom stereocenters. The third-order valence-electron chi connectivity index (χ3n) is 3.15. The standard InChI is InChI=1S/C14H22N2/c1-2-9-15-13-7-6-8-14(12-13)16-10-4-3-5-11-16/h6-8,12,15H,2-5,9-11H2,1H3. The molecule has 1 aliphatic rings. The summed E-state index contributed by atoms with van der Waals surface area (Å²) in [5.74, 6) is 0. The summed E-state index contributed by atoms with van der Waals surface area (Å²) in [7, 11) is 0. The fourth-order valence-electron chi connectivity index (χ4n) is 2.23. The van der Waals surface area contributed by atoms with Crippen molar-refractivity contribution in [2.45, 2.75) is 32.6 Å². The molecule has 0 spiro atoms. The van der Waals surface area contributed by atoms with Gasteiger partial charge in [-0.15, -0.1) is 0 Å². The van der Waals surface area contributed by atoms with Gasteiger partial charge in [-0.2, -0.15) is 0 Å². The number of piperidine rings is 1. The average molecular weight is 218 g/mol. The van der Waals surface area contributed by atoms with E-state index < -0.39 is 0 Å². The Morgan fingerprint density at radius 3 is 2.75 bits per heavy atom. The Balaban J connectivity index is 2.02. The van der Waals surface area contributed by atoms with Crippen molar-refractivity contribution in [3.63, 3.8) is 0 Å². The van der Waals surface area contributed by atoms with Gasteiger partial charge in [0.2, 0.25) is 0 Å². The van der Waals surface area contributed by atoms with Crippen LogP contribution in [0, 0.1) is 0 Å². The molecule has 2 nitrogen and oxygen atoms in total. The molecule has 0 radical (unpaired) electrons. The molecular weight excluding hydrogens is 196 g/mol. The summed E-state index contributed by atoms with van der Waals surface area (Å²) in [6.07, 6.45) is 5.25. The maximum Gasteiger partial charge on any atom is 0.0386 e. The van der Waals surface area contributed by atoms with Gasteiger partial charge in [-0.25, -0.2) is 0 Å². The summed E-state index contributed by atoms with van der Waals surface area (Å²) in [6, 6.07) is 8.81. The summed E-state index contributed by atoms with van der Waals surface area (Å²) >= 11 is 0. The zero-order valence-electron chi connectivity index (χ0n) is 10.2. The zero-order chi connectivity index (χ0) is 11.2. The molecule has 1 saturated heterocycles. The highest BCUT2D eigenvalue weighted by Gasteiger charge is 2.10. The summed E-state index contributed by atoms with van der Waals surface area (Å²) in [6.45, 7) is 5.69. The average Bonchev–Trinajstić information content (AvgIpc) is 2.38. The first-order chi connectivity index (χ1) is 7.90. The zero-order valence-corrected chi connectivity index (χ0v) is 10.2. The Hall–Kier alpha value is -1.18. The molecule has 0 amide bonds. The topological polar surface area (TPSA) is 15.3 Å². The molecule has 1 aromatic rings. The first kappa shape index (κ1) is 11.3. The third kappa shape index (κ3) is 2.91. The van der Waals surface area contributed by atoms with Gasteiger partial charge in [0.1, 0.15) is 0 Å². The van der Waals surface area contributed by atoms with Crippen LogP contribution in [0.1, 0.15) is 32.6 Å². The second kappa shape index (κ2) is 5.78. The molecule has 0 saturated carbocycles. The van der Waals surface area contributed by atoms with E-state index in [1.54, 1.807) is 0 Å². The van der Waals surface area contributed by atoms with Crippen LogP contribution in [-0.2, 0) is 0 Å². The highest BCUT2D eigenvalue weighted by Crippen LogP contribution is 2.22. The van der Waals surface area contributed by atoms with Crippen LogP contribution in [0.25, 0.3) is 0 Å². The lowest BCUT2D eigenvalue weighted by Gasteiger charge is -2.29. The fraction of sp³-hybridized carbons (Fsp3) is 0.571. The fourth-order valence-corrected chi connectivity index (χ4v) is 2.23.